The molecule has 1 aliphatic heterocycles. The highest BCUT2D eigenvalue weighted by Gasteiger charge is 2.28. The van der Waals surface area contributed by atoms with Crippen molar-refractivity contribution in [3.8, 4) is 11.3 Å². The summed E-state index contributed by atoms with van der Waals surface area (Å²) in [5.41, 5.74) is 2.06. The molecule has 0 atom stereocenters. The van der Waals surface area contributed by atoms with Gasteiger partial charge in [-0.3, -0.25) is 4.79 Å². The molecular weight excluding hydrogens is 336 g/mol. The van der Waals surface area contributed by atoms with Crippen molar-refractivity contribution in [1.82, 2.24) is 14.9 Å². The number of piperazine rings is 1. The monoisotopic (exact) mass is 364 g/mol. The molecule has 5 nitrogen and oxygen atoms in total. The van der Waals surface area contributed by atoms with E-state index in [2.05, 4.69) is 38.0 Å². The van der Waals surface area contributed by atoms with Crippen LogP contribution in [-0.2, 0) is 4.79 Å². The van der Waals surface area contributed by atoms with Gasteiger partial charge in [0, 0.05) is 43.7 Å². The molecule has 2 aliphatic rings. The lowest BCUT2D eigenvalue weighted by molar-refractivity contribution is -0.136. The highest BCUT2D eigenvalue weighted by Crippen LogP contribution is 2.27. The van der Waals surface area contributed by atoms with E-state index < -0.39 is 0 Å². The van der Waals surface area contributed by atoms with Crippen LogP contribution in [0.2, 0.25) is 0 Å². The summed E-state index contributed by atoms with van der Waals surface area (Å²) in [6.45, 7) is 5.20. The number of rotatable bonds is 3. The molecule has 2 fully saturated rings. The van der Waals surface area contributed by atoms with Gasteiger partial charge in [0.25, 0.3) is 0 Å². The lowest BCUT2D eigenvalue weighted by Gasteiger charge is -2.37. The number of nitrogens with zero attached hydrogens (tertiary/aromatic N) is 4. The van der Waals surface area contributed by atoms with Crippen molar-refractivity contribution in [2.24, 2.45) is 5.92 Å². The summed E-state index contributed by atoms with van der Waals surface area (Å²) >= 11 is 0. The van der Waals surface area contributed by atoms with E-state index in [1.165, 1.54) is 19.3 Å². The fraction of sp³-hybridized carbons (Fsp3) is 0.500. The van der Waals surface area contributed by atoms with E-state index in [9.17, 15) is 4.79 Å². The first-order valence-corrected chi connectivity index (χ1v) is 10.2. The molecule has 0 radical (unpaired) electrons. The normalized spacial score (nSPS) is 18.6. The van der Waals surface area contributed by atoms with E-state index in [4.69, 9.17) is 0 Å². The summed E-state index contributed by atoms with van der Waals surface area (Å²) in [6, 6.07) is 12.3. The van der Waals surface area contributed by atoms with Crippen LogP contribution in [0.4, 0.5) is 5.82 Å². The Bertz CT molecular complexity index is 778. The Kier molecular flexibility index (Phi) is 5.37. The predicted octanol–water partition coefficient (Wildman–Crippen LogP) is 3.68. The molecule has 1 amide bonds. The van der Waals surface area contributed by atoms with Crippen LogP contribution in [0.3, 0.4) is 0 Å². The third-order valence-corrected chi connectivity index (χ3v) is 5.76. The molecule has 1 aromatic heterocycles. The van der Waals surface area contributed by atoms with E-state index in [-0.39, 0.29) is 5.92 Å². The quantitative estimate of drug-likeness (QED) is 0.834. The largest absolute Gasteiger partial charge is 0.353 e. The molecule has 1 aromatic carbocycles. The third-order valence-electron chi connectivity index (χ3n) is 5.76. The molecule has 1 saturated carbocycles. The van der Waals surface area contributed by atoms with Crippen molar-refractivity contribution in [3.05, 3.63) is 42.2 Å². The summed E-state index contributed by atoms with van der Waals surface area (Å²) in [7, 11) is 0. The van der Waals surface area contributed by atoms with Crippen LogP contribution in [0.5, 0.6) is 0 Å². The van der Waals surface area contributed by atoms with Crippen LogP contribution >= 0.6 is 0 Å². The minimum atomic E-state index is 0.260. The van der Waals surface area contributed by atoms with Crippen LogP contribution in [0.15, 0.2) is 36.4 Å². The number of amides is 1. The smallest absolute Gasteiger partial charge is 0.225 e. The molecule has 1 aliphatic carbocycles. The van der Waals surface area contributed by atoms with Crippen molar-refractivity contribution >= 4 is 11.7 Å². The molecule has 0 spiro atoms. The van der Waals surface area contributed by atoms with E-state index in [0.29, 0.717) is 5.91 Å². The van der Waals surface area contributed by atoms with Gasteiger partial charge in [-0.05, 0) is 19.8 Å². The fourth-order valence-corrected chi connectivity index (χ4v) is 4.23. The third kappa shape index (κ3) is 4.12. The lowest BCUT2D eigenvalue weighted by atomic mass is 9.88. The van der Waals surface area contributed by atoms with Crippen LogP contribution in [0, 0.1) is 12.8 Å². The number of aryl methyl sites for hydroxylation is 1. The number of anilines is 1. The Balaban J connectivity index is 1.43. The second kappa shape index (κ2) is 8.07. The number of hydrogen-bond acceptors (Lipinski definition) is 4. The molecule has 2 aromatic rings. The molecule has 27 heavy (non-hydrogen) atoms. The van der Waals surface area contributed by atoms with Crippen LogP contribution in [-0.4, -0.2) is 47.0 Å². The minimum Gasteiger partial charge on any atom is -0.353 e. The predicted molar refractivity (Wildman–Crippen MR) is 108 cm³/mol. The van der Waals surface area contributed by atoms with E-state index in [0.717, 1.165) is 61.9 Å². The number of carbonyl (C=O) groups is 1. The maximum atomic E-state index is 12.8. The molecule has 0 bridgehead atoms. The minimum absolute atomic E-state index is 0.260. The van der Waals surface area contributed by atoms with Gasteiger partial charge in [-0.2, -0.15) is 0 Å². The first kappa shape index (κ1) is 18.0. The molecule has 1 saturated heterocycles. The van der Waals surface area contributed by atoms with Gasteiger partial charge in [-0.25, -0.2) is 9.97 Å². The van der Waals surface area contributed by atoms with Gasteiger partial charge >= 0.3 is 0 Å². The first-order chi connectivity index (χ1) is 13.2. The Morgan fingerprint density at radius 1 is 0.963 bits per heavy atom. The van der Waals surface area contributed by atoms with Gasteiger partial charge in [-0.15, -0.1) is 0 Å². The van der Waals surface area contributed by atoms with Crippen LogP contribution < -0.4 is 4.90 Å². The average Bonchev–Trinajstić information content (AvgIpc) is 2.74. The highest BCUT2D eigenvalue weighted by atomic mass is 16.2. The number of hydrogen-bond donors (Lipinski definition) is 0. The van der Waals surface area contributed by atoms with Crippen molar-refractivity contribution < 1.29 is 4.79 Å². The van der Waals surface area contributed by atoms with Crippen LogP contribution in [0.25, 0.3) is 11.3 Å². The zero-order valence-corrected chi connectivity index (χ0v) is 16.1. The second-order valence-electron chi connectivity index (χ2n) is 7.67. The Morgan fingerprint density at radius 2 is 1.67 bits per heavy atom. The Labute approximate surface area is 161 Å². The van der Waals surface area contributed by atoms with Crippen molar-refractivity contribution in [3.63, 3.8) is 0 Å². The molecular formula is C22H28N4O. The Hall–Kier alpha value is -2.43. The summed E-state index contributed by atoms with van der Waals surface area (Å²) in [5, 5.41) is 0. The van der Waals surface area contributed by atoms with E-state index in [1.807, 2.05) is 25.1 Å². The summed E-state index contributed by atoms with van der Waals surface area (Å²) in [4.78, 5) is 26.4. The summed E-state index contributed by atoms with van der Waals surface area (Å²) in [5.74, 6) is 2.38. The number of benzene rings is 1. The summed E-state index contributed by atoms with van der Waals surface area (Å²) < 4.78 is 0. The maximum absolute atomic E-state index is 12.8. The van der Waals surface area contributed by atoms with Crippen molar-refractivity contribution in [1.29, 1.82) is 0 Å². The Morgan fingerprint density at radius 3 is 2.37 bits per heavy atom. The van der Waals surface area contributed by atoms with Gasteiger partial charge in [0.15, 0.2) is 0 Å². The second-order valence-corrected chi connectivity index (χ2v) is 7.67. The maximum Gasteiger partial charge on any atom is 0.225 e. The topological polar surface area (TPSA) is 49.3 Å². The SMILES string of the molecule is Cc1nc(-c2ccccc2)cc(N2CCN(C(=O)C3CCCCC3)CC2)n1. The van der Waals surface area contributed by atoms with E-state index in [1.54, 1.807) is 0 Å². The molecule has 142 valence electrons. The first-order valence-electron chi connectivity index (χ1n) is 10.2. The lowest BCUT2D eigenvalue weighted by Crippen LogP contribution is -2.50. The fourth-order valence-electron chi connectivity index (χ4n) is 4.23. The average molecular weight is 364 g/mol. The number of aromatic nitrogens is 2. The zero-order valence-electron chi connectivity index (χ0n) is 16.1. The zero-order chi connectivity index (χ0) is 18.6. The molecule has 0 unspecified atom stereocenters. The standard InChI is InChI=1S/C22H28N4O/c1-17-23-20(18-8-4-2-5-9-18)16-21(24-17)25-12-14-26(15-13-25)22(27)19-10-6-3-7-11-19/h2,4-5,8-9,16,19H,3,6-7,10-15H2,1H3. The molecule has 4 rings (SSSR count). The van der Waals surface area contributed by atoms with Gasteiger partial charge in [0.05, 0.1) is 5.69 Å². The highest BCUT2D eigenvalue weighted by molar-refractivity contribution is 5.79. The van der Waals surface area contributed by atoms with Crippen molar-refractivity contribution in [2.75, 3.05) is 31.1 Å². The molecule has 0 N–H and O–H groups in total. The summed E-state index contributed by atoms with van der Waals surface area (Å²) in [6.07, 6.45) is 5.85. The van der Waals surface area contributed by atoms with Gasteiger partial charge in [0.2, 0.25) is 5.91 Å². The number of carbonyl (C=O) groups excluding carboxylic acids is 1. The molecule has 2 heterocycles. The van der Waals surface area contributed by atoms with Gasteiger partial charge in [0.1, 0.15) is 11.6 Å². The van der Waals surface area contributed by atoms with Gasteiger partial charge < -0.3 is 9.80 Å². The van der Waals surface area contributed by atoms with Crippen molar-refractivity contribution in [2.45, 2.75) is 39.0 Å². The van der Waals surface area contributed by atoms with E-state index >= 15 is 0 Å². The molecule has 5 heteroatoms. The van der Waals surface area contributed by atoms with Gasteiger partial charge in [-0.1, -0.05) is 49.6 Å². The van der Waals surface area contributed by atoms with Crippen LogP contribution in [0.1, 0.15) is 37.9 Å².